The lowest BCUT2D eigenvalue weighted by molar-refractivity contribution is 0.0601. The SMILES string of the molecule is Cn1nccc1C1CCCCN1C(=O)c1ccc(S(=O)(=O)F)cc1. The van der Waals surface area contributed by atoms with Crippen LogP contribution in [0.3, 0.4) is 0 Å². The Morgan fingerprint density at radius 3 is 2.50 bits per heavy atom. The molecule has 2 aromatic rings. The summed E-state index contributed by atoms with van der Waals surface area (Å²) in [7, 11) is -2.92. The molecule has 0 aliphatic carbocycles. The van der Waals surface area contributed by atoms with E-state index in [2.05, 4.69) is 5.10 Å². The Kier molecular flexibility index (Phi) is 4.40. The molecule has 8 heteroatoms. The molecule has 6 nitrogen and oxygen atoms in total. The Morgan fingerprint density at radius 2 is 1.92 bits per heavy atom. The van der Waals surface area contributed by atoms with Gasteiger partial charge in [0.15, 0.2) is 0 Å². The molecule has 1 aromatic heterocycles. The van der Waals surface area contributed by atoms with Crippen LogP contribution in [0.1, 0.15) is 41.4 Å². The maximum absolute atomic E-state index is 13.0. The van der Waals surface area contributed by atoms with Gasteiger partial charge in [-0.2, -0.15) is 13.5 Å². The molecule has 1 aliphatic heterocycles. The summed E-state index contributed by atoms with van der Waals surface area (Å²) in [5.74, 6) is -0.191. The van der Waals surface area contributed by atoms with Crippen molar-refractivity contribution in [3.8, 4) is 0 Å². The molecular formula is C16H18FN3O3S. The van der Waals surface area contributed by atoms with Crippen LogP contribution in [0.15, 0.2) is 41.4 Å². The zero-order valence-electron chi connectivity index (χ0n) is 13.2. The van der Waals surface area contributed by atoms with Crippen molar-refractivity contribution in [2.75, 3.05) is 6.54 Å². The number of halogens is 1. The number of rotatable bonds is 3. The van der Waals surface area contributed by atoms with Crippen LogP contribution in [-0.4, -0.2) is 35.6 Å². The van der Waals surface area contributed by atoms with Gasteiger partial charge in [-0.15, -0.1) is 3.89 Å². The monoisotopic (exact) mass is 351 g/mol. The van der Waals surface area contributed by atoms with Gasteiger partial charge in [-0.25, -0.2) is 0 Å². The van der Waals surface area contributed by atoms with Crippen molar-refractivity contribution in [1.82, 2.24) is 14.7 Å². The molecule has 0 spiro atoms. The number of benzene rings is 1. The highest BCUT2D eigenvalue weighted by Crippen LogP contribution is 2.31. The highest BCUT2D eigenvalue weighted by atomic mass is 32.3. The molecule has 1 fully saturated rings. The van der Waals surface area contributed by atoms with Gasteiger partial charge in [-0.05, 0) is 49.6 Å². The summed E-state index contributed by atoms with van der Waals surface area (Å²) >= 11 is 0. The largest absolute Gasteiger partial charge is 0.332 e. The topological polar surface area (TPSA) is 72.3 Å². The van der Waals surface area contributed by atoms with Crippen LogP contribution in [0.25, 0.3) is 0 Å². The predicted molar refractivity (Wildman–Crippen MR) is 85.6 cm³/mol. The number of carbonyl (C=O) groups excluding carboxylic acids is 1. The van der Waals surface area contributed by atoms with Gasteiger partial charge in [-0.1, -0.05) is 0 Å². The minimum Gasteiger partial charge on any atom is -0.330 e. The van der Waals surface area contributed by atoms with Crippen molar-refractivity contribution in [2.24, 2.45) is 7.05 Å². The van der Waals surface area contributed by atoms with Crippen LogP contribution in [0.4, 0.5) is 3.89 Å². The summed E-state index contributed by atoms with van der Waals surface area (Å²) < 4.78 is 36.5. The normalized spacial score (nSPS) is 18.6. The number of aryl methyl sites for hydroxylation is 1. The summed E-state index contributed by atoms with van der Waals surface area (Å²) in [5, 5.41) is 4.17. The quantitative estimate of drug-likeness (QED) is 0.796. The molecule has 1 atom stereocenters. The average molecular weight is 351 g/mol. The van der Waals surface area contributed by atoms with E-state index in [1.165, 1.54) is 12.1 Å². The van der Waals surface area contributed by atoms with E-state index in [-0.39, 0.29) is 11.9 Å². The summed E-state index contributed by atoms with van der Waals surface area (Å²) in [5.41, 5.74) is 1.31. The van der Waals surface area contributed by atoms with E-state index >= 15 is 0 Å². The molecule has 0 radical (unpaired) electrons. The highest BCUT2D eigenvalue weighted by molar-refractivity contribution is 7.86. The fraction of sp³-hybridized carbons (Fsp3) is 0.375. The second-order valence-corrected chi connectivity index (χ2v) is 7.20. The van der Waals surface area contributed by atoms with Gasteiger partial charge in [0, 0.05) is 25.4 Å². The van der Waals surface area contributed by atoms with Crippen LogP contribution >= 0.6 is 0 Å². The van der Waals surface area contributed by atoms with Crippen molar-refractivity contribution in [3.63, 3.8) is 0 Å². The third-order valence-corrected chi connectivity index (χ3v) is 5.18. The molecule has 1 aliphatic rings. The standard InChI is InChI=1S/C16H18FN3O3S/c1-19-14(9-10-18-19)15-4-2-3-11-20(15)16(21)12-5-7-13(8-6-12)24(17,22)23/h5-10,15H,2-4,11H2,1H3. The summed E-state index contributed by atoms with van der Waals surface area (Å²) in [6.45, 7) is 0.623. The number of carbonyl (C=O) groups is 1. The number of nitrogens with zero attached hydrogens (tertiary/aromatic N) is 3. The van der Waals surface area contributed by atoms with Gasteiger partial charge in [-0.3, -0.25) is 9.48 Å². The lowest BCUT2D eigenvalue weighted by atomic mass is 9.98. The van der Waals surface area contributed by atoms with Crippen molar-refractivity contribution in [2.45, 2.75) is 30.2 Å². The first-order chi connectivity index (χ1) is 11.4. The zero-order valence-corrected chi connectivity index (χ0v) is 14.0. The fourth-order valence-corrected chi connectivity index (χ4v) is 3.58. The third-order valence-electron chi connectivity index (χ3n) is 4.35. The van der Waals surface area contributed by atoms with Gasteiger partial charge in [0.2, 0.25) is 0 Å². The number of hydrogen-bond acceptors (Lipinski definition) is 4. The van der Waals surface area contributed by atoms with Gasteiger partial charge in [0.1, 0.15) is 0 Å². The van der Waals surface area contributed by atoms with Crippen molar-refractivity contribution >= 4 is 16.1 Å². The minimum atomic E-state index is -4.76. The number of piperidine rings is 1. The number of hydrogen-bond donors (Lipinski definition) is 0. The lowest BCUT2D eigenvalue weighted by Gasteiger charge is -2.35. The molecule has 24 heavy (non-hydrogen) atoms. The maximum Gasteiger partial charge on any atom is 0.332 e. The predicted octanol–water partition coefficient (Wildman–Crippen LogP) is 2.45. The lowest BCUT2D eigenvalue weighted by Crippen LogP contribution is -2.39. The van der Waals surface area contributed by atoms with Gasteiger partial charge >= 0.3 is 10.2 Å². The fourth-order valence-electron chi connectivity index (χ4n) is 3.12. The molecular weight excluding hydrogens is 333 g/mol. The Labute approximate surface area is 140 Å². The van der Waals surface area contributed by atoms with Crippen molar-refractivity contribution in [1.29, 1.82) is 0 Å². The van der Waals surface area contributed by atoms with E-state index in [0.29, 0.717) is 12.1 Å². The van der Waals surface area contributed by atoms with Gasteiger partial charge < -0.3 is 4.90 Å². The van der Waals surface area contributed by atoms with Crippen LogP contribution in [0.2, 0.25) is 0 Å². The van der Waals surface area contributed by atoms with Crippen LogP contribution < -0.4 is 0 Å². The Morgan fingerprint density at radius 1 is 1.21 bits per heavy atom. The van der Waals surface area contributed by atoms with E-state index in [4.69, 9.17) is 0 Å². The van der Waals surface area contributed by atoms with Crippen molar-refractivity contribution < 1.29 is 17.1 Å². The first kappa shape index (κ1) is 16.6. The number of likely N-dealkylation sites (tertiary alicyclic amines) is 1. The molecule has 1 unspecified atom stereocenters. The molecule has 1 aromatic carbocycles. The second kappa shape index (κ2) is 6.35. The van der Waals surface area contributed by atoms with Gasteiger partial charge in [0.25, 0.3) is 5.91 Å². The minimum absolute atomic E-state index is 0.0664. The van der Waals surface area contributed by atoms with Crippen molar-refractivity contribution in [3.05, 3.63) is 47.8 Å². The molecule has 0 N–H and O–H groups in total. The van der Waals surface area contributed by atoms with Gasteiger partial charge in [0.05, 0.1) is 16.6 Å². The second-order valence-electron chi connectivity index (χ2n) is 5.85. The van der Waals surface area contributed by atoms with E-state index in [9.17, 15) is 17.1 Å². The Bertz CT molecular complexity index is 846. The molecule has 0 bridgehead atoms. The number of aromatic nitrogens is 2. The summed E-state index contributed by atoms with van der Waals surface area (Å²) in [6, 6.07) is 6.77. The van der Waals surface area contributed by atoms with E-state index < -0.39 is 15.1 Å². The molecule has 1 saturated heterocycles. The molecule has 3 rings (SSSR count). The third kappa shape index (κ3) is 3.19. The summed E-state index contributed by atoms with van der Waals surface area (Å²) in [4.78, 5) is 14.2. The van der Waals surface area contributed by atoms with Crippen LogP contribution in [-0.2, 0) is 17.3 Å². The highest BCUT2D eigenvalue weighted by Gasteiger charge is 2.30. The molecule has 2 heterocycles. The number of amides is 1. The van der Waals surface area contributed by atoms with E-state index in [1.807, 2.05) is 13.1 Å². The maximum atomic E-state index is 13.0. The molecule has 128 valence electrons. The zero-order chi connectivity index (χ0) is 17.3. The first-order valence-corrected chi connectivity index (χ1v) is 9.10. The first-order valence-electron chi connectivity index (χ1n) is 7.71. The smallest absolute Gasteiger partial charge is 0.330 e. The Balaban J connectivity index is 1.88. The van der Waals surface area contributed by atoms with E-state index in [1.54, 1.807) is 15.8 Å². The van der Waals surface area contributed by atoms with Crippen LogP contribution in [0.5, 0.6) is 0 Å². The van der Waals surface area contributed by atoms with Crippen LogP contribution in [0, 0.1) is 0 Å². The summed E-state index contributed by atoms with van der Waals surface area (Å²) in [6.07, 6.45) is 4.49. The Hall–Kier alpha value is -2.22. The molecule has 0 saturated carbocycles. The average Bonchev–Trinajstić information content (AvgIpc) is 2.99. The van der Waals surface area contributed by atoms with E-state index in [0.717, 1.165) is 37.1 Å². The molecule has 1 amide bonds.